The maximum absolute atomic E-state index is 7.50. The summed E-state index contributed by atoms with van der Waals surface area (Å²) in [6.07, 6.45) is 3.50. The third kappa shape index (κ3) is 13.3. The van der Waals surface area contributed by atoms with Gasteiger partial charge in [0.2, 0.25) is 0 Å². The van der Waals surface area contributed by atoms with Crippen LogP contribution in [-0.4, -0.2) is 11.9 Å². The number of benzene rings is 1. The Bertz CT molecular complexity index is 566. The Labute approximate surface area is 150 Å². The number of nitrogens with zero attached hydrogens (tertiary/aromatic N) is 1. The van der Waals surface area contributed by atoms with Gasteiger partial charge in [0.25, 0.3) is 0 Å². The topological polar surface area (TPSA) is 72.6 Å². The van der Waals surface area contributed by atoms with Crippen molar-refractivity contribution in [3.8, 4) is 0 Å². The van der Waals surface area contributed by atoms with Crippen LogP contribution in [0.15, 0.2) is 66.9 Å². The van der Waals surface area contributed by atoms with E-state index in [0.717, 1.165) is 0 Å². The fourth-order valence-corrected chi connectivity index (χ4v) is 1.38. The molecule has 23 heavy (non-hydrogen) atoms. The van der Waals surface area contributed by atoms with Crippen LogP contribution in [0.4, 0.5) is 0 Å². The van der Waals surface area contributed by atoms with E-state index < -0.39 is 0 Å². The van der Waals surface area contributed by atoms with Gasteiger partial charge in [0.1, 0.15) is 0 Å². The second-order valence-corrected chi connectivity index (χ2v) is 3.30. The molecule has 0 aliphatic carbocycles. The minimum Gasteiger partial charge on any atom is -0.265 e. The maximum atomic E-state index is 7.50. The van der Waals surface area contributed by atoms with Gasteiger partial charge in [-0.05, 0) is 12.1 Å². The Morgan fingerprint density at radius 2 is 1.30 bits per heavy atom. The van der Waals surface area contributed by atoms with Gasteiger partial charge in [0.15, 0.2) is 0 Å². The van der Waals surface area contributed by atoms with Gasteiger partial charge < -0.3 is 0 Å². The molecule has 0 spiro atoms. The molecule has 0 bridgehead atoms. The van der Waals surface area contributed by atoms with Crippen LogP contribution in [-0.2, 0) is 35.0 Å². The summed E-state index contributed by atoms with van der Waals surface area (Å²) in [5, 5.41) is 2.53. The molecule has 0 amide bonds. The van der Waals surface area contributed by atoms with E-state index in [4.69, 9.17) is 14.0 Å². The summed E-state index contributed by atoms with van der Waals surface area (Å²) in [4.78, 5) is 3.78. The molecule has 4 nitrogen and oxygen atoms in total. The fourth-order valence-electron chi connectivity index (χ4n) is 1.38. The molecular weight excluding hydrogens is 373 g/mol. The van der Waals surface area contributed by atoms with Gasteiger partial charge in [0.05, 0.1) is 0 Å². The number of rotatable bonds is 0. The average Bonchev–Trinajstić information content (AvgIpc) is 2.69. The molecule has 0 unspecified atom stereocenters. The van der Waals surface area contributed by atoms with E-state index in [9.17, 15) is 0 Å². The number of fused-ring (bicyclic) bond motifs is 1. The van der Waals surface area contributed by atoms with Crippen LogP contribution in [0.25, 0.3) is 10.8 Å². The van der Waals surface area contributed by atoms with Crippen molar-refractivity contribution in [3.63, 3.8) is 0 Å². The molecule has 0 radical (unpaired) electrons. The number of pyridine rings is 1. The minimum absolute atomic E-state index is 0. The van der Waals surface area contributed by atoms with Crippen molar-refractivity contribution >= 4 is 17.7 Å². The van der Waals surface area contributed by atoms with Crippen molar-refractivity contribution in [1.82, 2.24) is 4.98 Å². The monoisotopic (exact) mass is 386 g/mol. The standard InChI is InChI=1S/C9H6B.C5H5N.3CO.Mo/c1-2-4-9-7-10-6-5-8(9)3-1;1-2-4-6-5-3-1;3*1-2;/h1-5,7H;1-5H;;;;/q-1;;;;;. The van der Waals surface area contributed by atoms with Crippen LogP contribution >= 0.6 is 0 Å². The normalized spacial score (nSPS) is 6.52. The molecule has 6 heteroatoms. The second kappa shape index (κ2) is 22.2. The molecule has 0 fully saturated rings. The number of hydrogen-bond donors (Lipinski definition) is 0. The Morgan fingerprint density at radius 3 is 1.70 bits per heavy atom. The maximum Gasteiger partial charge on any atom is 0.0267 e. The number of hydrogen-bond acceptors (Lipinski definition) is 1. The molecule has 0 atom stereocenters. The van der Waals surface area contributed by atoms with E-state index in [1.54, 1.807) is 12.4 Å². The van der Waals surface area contributed by atoms with Crippen molar-refractivity contribution in [2.45, 2.75) is 0 Å². The van der Waals surface area contributed by atoms with Crippen LogP contribution in [0.5, 0.6) is 0 Å². The Morgan fingerprint density at radius 1 is 0.783 bits per heavy atom. The zero-order valence-electron chi connectivity index (χ0n) is 12.0. The molecule has 1 aromatic carbocycles. The number of aromatic nitrogens is 1. The van der Waals surface area contributed by atoms with Gasteiger partial charge in [-0.2, -0.15) is 0 Å². The van der Waals surface area contributed by atoms with E-state index in [-0.39, 0.29) is 21.1 Å². The molecule has 2 aromatic heterocycles. The summed E-state index contributed by atoms with van der Waals surface area (Å²) < 4.78 is 22.5. The molecule has 0 aliphatic heterocycles. The fraction of sp³-hybridized carbons (Fsp3) is 0. The molecule has 0 N–H and O–H groups in total. The summed E-state index contributed by atoms with van der Waals surface area (Å²) in [6, 6.07) is 16.0. The first-order valence-corrected chi connectivity index (χ1v) is 5.78. The van der Waals surface area contributed by atoms with Crippen LogP contribution in [0.2, 0.25) is 0 Å². The summed E-state index contributed by atoms with van der Waals surface area (Å²) in [7, 11) is 0. The molecule has 0 aliphatic rings. The third-order valence-electron chi connectivity index (χ3n) is 2.16. The Balaban J connectivity index is -0.000000268. The Kier molecular flexibility index (Phi) is 25.0. The molecule has 0 saturated carbocycles. The van der Waals surface area contributed by atoms with Gasteiger partial charge in [-0.25, -0.2) is 0 Å². The predicted octanol–water partition coefficient (Wildman–Crippen LogP) is 2.94. The largest absolute Gasteiger partial charge is 0.265 e. The van der Waals surface area contributed by atoms with Crippen molar-refractivity contribution in [3.05, 3.63) is 92.8 Å². The zero-order chi connectivity index (χ0) is 17.1. The average molecular weight is 384 g/mol. The van der Waals surface area contributed by atoms with Crippen LogP contribution < -0.4 is 0 Å². The first-order valence-electron chi connectivity index (χ1n) is 5.78. The molecule has 3 aromatic rings. The quantitative estimate of drug-likeness (QED) is 0.334. The zero-order valence-corrected chi connectivity index (χ0v) is 14.0. The van der Waals surface area contributed by atoms with Crippen molar-refractivity contribution < 1.29 is 35.0 Å². The van der Waals surface area contributed by atoms with E-state index in [2.05, 4.69) is 49.0 Å². The van der Waals surface area contributed by atoms with Gasteiger partial charge in [-0.1, -0.05) is 6.07 Å². The van der Waals surface area contributed by atoms with E-state index in [1.165, 1.54) is 10.8 Å². The third-order valence-corrected chi connectivity index (χ3v) is 2.16. The van der Waals surface area contributed by atoms with E-state index in [1.807, 2.05) is 43.3 Å². The van der Waals surface area contributed by atoms with Gasteiger partial charge in [-0.15, -0.1) is 0 Å². The summed E-state index contributed by atoms with van der Waals surface area (Å²) in [6.45, 7) is 15.4. The SMILES string of the molecule is [C-]#[O+].[C-]#[O+].[C-]#[O+].[Mo].b1[c-]cc2ccccc2c1.c1ccncc1. The molecular formula is C17H11BMoNO3-. The second-order valence-electron chi connectivity index (χ2n) is 3.30. The predicted molar refractivity (Wildman–Crippen MR) is 80.2 cm³/mol. The summed E-state index contributed by atoms with van der Waals surface area (Å²) in [5.41, 5.74) is 0. The summed E-state index contributed by atoms with van der Waals surface area (Å²) >= 11 is 0. The molecule has 0 saturated heterocycles. The van der Waals surface area contributed by atoms with Crippen molar-refractivity contribution in [2.75, 3.05) is 0 Å². The van der Waals surface area contributed by atoms with E-state index >= 15 is 0 Å². The smallest absolute Gasteiger partial charge is 0.0267 e. The minimum atomic E-state index is 0. The van der Waals surface area contributed by atoms with Crippen LogP contribution in [0.1, 0.15) is 0 Å². The first kappa shape index (κ1) is 25.9. The van der Waals surface area contributed by atoms with Gasteiger partial charge in [-0.3, -0.25) is 4.98 Å². The van der Waals surface area contributed by atoms with E-state index in [0.29, 0.717) is 0 Å². The Hall–Kier alpha value is -2.05. The van der Waals surface area contributed by atoms with Crippen LogP contribution in [0, 0.1) is 25.9 Å². The first-order chi connectivity index (χ1) is 11.0. The molecule has 3 rings (SSSR count). The molecule has 112 valence electrons. The molecule has 2 heterocycles. The van der Waals surface area contributed by atoms with Gasteiger partial charge in [0, 0.05) is 33.5 Å². The summed E-state index contributed by atoms with van der Waals surface area (Å²) in [5.74, 6) is 5.10. The van der Waals surface area contributed by atoms with Crippen molar-refractivity contribution in [2.24, 2.45) is 0 Å². The van der Waals surface area contributed by atoms with Crippen LogP contribution in [0.3, 0.4) is 0 Å². The van der Waals surface area contributed by atoms with Gasteiger partial charge >= 0.3 is 93.8 Å². The van der Waals surface area contributed by atoms with Crippen molar-refractivity contribution in [1.29, 1.82) is 0 Å².